The third kappa shape index (κ3) is 2.92. The highest BCUT2D eigenvalue weighted by Crippen LogP contribution is 2.35. The quantitative estimate of drug-likeness (QED) is 0.822. The first-order chi connectivity index (χ1) is 8.48. The minimum Gasteiger partial charge on any atom is -0.454 e. The molecule has 0 bridgehead atoms. The van der Waals surface area contributed by atoms with E-state index in [0.717, 1.165) is 17.1 Å². The van der Waals surface area contributed by atoms with Gasteiger partial charge in [0.25, 0.3) is 0 Å². The van der Waals surface area contributed by atoms with Crippen molar-refractivity contribution in [1.29, 1.82) is 0 Å². The summed E-state index contributed by atoms with van der Waals surface area (Å²) < 4.78 is 10.7. The predicted octanol–water partition coefficient (Wildman–Crippen LogP) is 1.16. The third-order valence-electron chi connectivity index (χ3n) is 2.85. The largest absolute Gasteiger partial charge is 0.454 e. The van der Waals surface area contributed by atoms with Gasteiger partial charge in [-0.1, -0.05) is 12.1 Å². The van der Waals surface area contributed by atoms with Crippen LogP contribution in [0.25, 0.3) is 0 Å². The number of fused-ring (bicyclic) bond motifs is 1. The number of ether oxygens (including phenoxy) is 2. The van der Waals surface area contributed by atoms with Crippen molar-refractivity contribution in [3.63, 3.8) is 0 Å². The first kappa shape index (κ1) is 12.7. The Morgan fingerprint density at radius 2 is 2.22 bits per heavy atom. The van der Waals surface area contributed by atoms with Crippen molar-refractivity contribution < 1.29 is 14.3 Å². The van der Waals surface area contributed by atoms with E-state index in [-0.39, 0.29) is 18.2 Å². The number of hydrogen-bond acceptors (Lipinski definition) is 4. The minimum atomic E-state index is -0.339. The van der Waals surface area contributed by atoms with E-state index in [0.29, 0.717) is 13.0 Å². The molecule has 0 atom stereocenters. The van der Waals surface area contributed by atoms with Crippen LogP contribution in [0.4, 0.5) is 0 Å². The van der Waals surface area contributed by atoms with Crippen LogP contribution in [0.1, 0.15) is 25.8 Å². The van der Waals surface area contributed by atoms with Crippen molar-refractivity contribution in [2.75, 3.05) is 6.79 Å². The smallest absolute Gasteiger partial charge is 0.231 e. The Morgan fingerprint density at radius 1 is 1.44 bits per heavy atom. The van der Waals surface area contributed by atoms with Gasteiger partial charge < -0.3 is 20.5 Å². The zero-order valence-electron chi connectivity index (χ0n) is 10.7. The zero-order chi connectivity index (χ0) is 13.2. The maximum atomic E-state index is 11.0. The second kappa shape index (κ2) is 4.86. The molecule has 0 spiro atoms. The Hall–Kier alpha value is -1.75. The first-order valence-electron chi connectivity index (χ1n) is 5.89. The van der Waals surface area contributed by atoms with Gasteiger partial charge in [-0.25, -0.2) is 0 Å². The number of nitrogens with two attached hydrogens (primary N) is 1. The van der Waals surface area contributed by atoms with E-state index in [1.54, 1.807) is 0 Å². The summed E-state index contributed by atoms with van der Waals surface area (Å²) in [7, 11) is 0. The maximum absolute atomic E-state index is 11.0. The number of hydrogen-bond donors (Lipinski definition) is 2. The predicted molar refractivity (Wildman–Crippen MR) is 67.3 cm³/mol. The maximum Gasteiger partial charge on any atom is 0.231 e. The average Bonchev–Trinajstić information content (AvgIpc) is 2.72. The molecule has 1 aromatic rings. The molecule has 1 aliphatic heterocycles. The standard InChI is InChI=1S/C13H18N2O3/c1-13(2,6-11(14)16)15-7-9-4-3-5-10-12(9)18-8-17-10/h3-5,15H,6-8H2,1-2H3,(H2,14,16). The van der Waals surface area contributed by atoms with Crippen molar-refractivity contribution in [1.82, 2.24) is 5.32 Å². The molecule has 0 saturated carbocycles. The van der Waals surface area contributed by atoms with Crippen LogP contribution in [0.2, 0.25) is 0 Å². The average molecular weight is 250 g/mol. The van der Waals surface area contributed by atoms with Gasteiger partial charge >= 0.3 is 0 Å². The van der Waals surface area contributed by atoms with Crippen LogP contribution in [0.5, 0.6) is 11.5 Å². The molecule has 1 heterocycles. The molecule has 0 saturated heterocycles. The summed E-state index contributed by atoms with van der Waals surface area (Å²) in [6.07, 6.45) is 0.291. The molecule has 5 nitrogen and oxygen atoms in total. The molecule has 0 fully saturated rings. The molecule has 5 heteroatoms. The second-order valence-electron chi connectivity index (χ2n) is 5.03. The Morgan fingerprint density at radius 3 is 2.94 bits per heavy atom. The van der Waals surface area contributed by atoms with Gasteiger partial charge in [-0.15, -0.1) is 0 Å². The van der Waals surface area contributed by atoms with Gasteiger partial charge in [-0.05, 0) is 19.9 Å². The molecule has 1 aliphatic rings. The van der Waals surface area contributed by atoms with Gasteiger partial charge in [0, 0.05) is 24.1 Å². The number of benzene rings is 1. The molecule has 18 heavy (non-hydrogen) atoms. The molecular weight excluding hydrogens is 232 g/mol. The Bertz CT molecular complexity index is 458. The molecule has 0 aromatic heterocycles. The minimum absolute atomic E-state index is 0.261. The molecule has 0 radical (unpaired) electrons. The molecule has 1 amide bonds. The van der Waals surface area contributed by atoms with Crippen LogP contribution in [-0.4, -0.2) is 18.2 Å². The second-order valence-corrected chi connectivity index (χ2v) is 5.03. The summed E-state index contributed by atoms with van der Waals surface area (Å²) in [5.41, 5.74) is 5.89. The summed E-state index contributed by atoms with van der Waals surface area (Å²) in [4.78, 5) is 11.0. The zero-order valence-corrected chi connectivity index (χ0v) is 10.7. The van der Waals surface area contributed by atoms with Gasteiger partial charge in [-0.2, -0.15) is 0 Å². The van der Waals surface area contributed by atoms with E-state index in [1.165, 1.54) is 0 Å². The molecule has 0 aliphatic carbocycles. The van der Waals surface area contributed by atoms with E-state index in [9.17, 15) is 4.79 Å². The molecular formula is C13H18N2O3. The first-order valence-corrected chi connectivity index (χ1v) is 5.89. The Balaban J connectivity index is 2.03. The normalized spacial score (nSPS) is 13.7. The van der Waals surface area contributed by atoms with Crippen molar-refractivity contribution in [2.24, 2.45) is 5.73 Å². The Kier molecular flexibility index (Phi) is 3.43. The van der Waals surface area contributed by atoms with Crippen molar-refractivity contribution in [2.45, 2.75) is 32.4 Å². The number of nitrogens with one attached hydrogen (secondary N) is 1. The lowest BCUT2D eigenvalue weighted by Gasteiger charge is -2.25. The SMILES string of the molecule is CC(C)(CC(N)=O)NCc1cccc2c1OCO2. The molecule has 1 aromatic carbocycles. The summed E-state index contributed by atoms with van der Waals surface area (Å²) >= 11 is 0. The molecule has 98 valence electrons. The van der Waals surface area contributed by atoms with E-state index in [1.807, 2.05) is 32.0 Å². The summed E-state index contributed by atoms with van der Waals surface area (Å²) in [5, 5.41) is 3.30. The van der Waals surface area contributed by atoms with Gasteiger partial charge in [-0.3, -0.25) is 4.79 Å². The van der Waals surface area contributed by atoms with Crippen LogP contribution in [-0.2, 0) is 11.3 Å². The van der Waals surface area contributed by atoms with Crippen LogP contribution >= 0.6 is 0 Å². The molecule has 2 rings (SSSR count). The van der Waals surface area contributed by atoms with Crippen molar-refractivity contribution in [3.8, 4) is 11.5 Å². The number of rotatable bonds is 5. The fraction of sp³-hybridized carbons (Fsp3) is 0.462. The molecule has 3 N–H and O–H groups in total. The summed E-state index contributed by atoms with van der Waals surface area (Å²) in [5.74, 6) is 1.23. The summed E-state index contributed by atoms with van der Waals surface area (Å²) in [6.45, 7) is 4.75. The van der Waals surface area contributed by atoms with E-state index in [4.69, 9.17) is 15.2 Å². The fourth-order valence-corrected chi connectivity index (χ4v) is 1.96. The number of amides is 1. The highest BCUT2D eigenvalue weighted by Gasteiger charge is 2.22. The molecule has 0 unspecified atom stereocenters. The Labute approximate surface area is 106 Å². The number of carbonyl (C=O) groups is 1. The van der Waals surface area contributed by atoms with E-state index >= 15 is 0 Å². The van der Waals surface area contributed by atoms with Crippen LogP contribution in [0, 0.1) is 0 Å². The third-order valence-corrected chi connectivity index (χ3v) is 2.85. The topological polar surface area (TPSA) is 73.6 Å². The van der Waals surface area contributed by atoms with Gasteiger partial charge in [0.05, 0.1) is 0 Å². The summed E-state index contributed by atoms with van der Waals surface area (Å²) in [6, 6.07) is 5.77. The highest BCUT2D eigenvalue weighted by molar-refractivity contribution is 5.75. The van der Waals surface area contributed by atoms with Crippen LogP contribution < -0.4 is 20.5 Å². The van der Waals surface area contributed by atoms with Crippen molar-refractivity contribution in [3.05, 3.63) is 23.8 Å². The van der Waals surface area contributed by atoms with Gasteiger partial charge in [0.1, 0.15) is 0 Å². The van der Waals surface area contributed by atoms with Crippen LogP contribution in [0.3, 0.4) is 0 Å². The fourth-order valence-electron chi connectivity index (χ4n) is 1.96. The van der Waals surface area contributed by atoms with Gasteiger partial charge in [0.2, 0.25) is 12.7 Å². The lowest BCUT2D eigenvalue weighted by atomic mass is 9.99. The van der Waals surface area contributed by atoms with E-state index < -0.39 is 0 Å². The van der Waals surface area contributed by atoms with Crippen molar-refractivity contribution >= 4 is 5.91 Å². The number of primary amides is 1. The lowest BCUT2D eigenvalue weighted by molar-refractivity contribution is -0.119. The number of para-hydroxylation sites is 1. The van der Waals surface area contributed by atoms with Crippen LogP contribution in [0.15, 0.2) is 18.2 Å². The lowest BCUT2D eigenvalue weighted by Crippen LogP contribution is -2.42. The monoisotopic (exact) mass is 250 g/mol. The van der Waals surface area contributed by atoms with E-state index in [2.05, 4.69) is 5.32 Å². The highest BCUT2D eigenvalue weighted by atomic mass is 16.7. The van der Waals surface area contributed by atoms with Gasteiger partial charge in [0.15, 0.2) is 11.5 Å². The number of carbonyl (C=O) groups excluding carboxylic acids is 1.